The zero-order valence-corrected chi connectivity index (χ0v) is 20.9. The molecule has 3 rings (SSSR count). The van der Waals surface area contributed by atoms with E-state index in [1.807, 2.05) is 4.90 Å². The molecule has 11 heteroatoms. The largest absolute Gasteiger partial charge is 0.494 e. The van der Waals surface area contributed by atoms with Crippen LogP contribution in [0.2, 0.25) is 0 Å². The normalized spacial score (nSPS) is 19.5. The van der Waals surface area contributed by atoms with Crippen LogP contribution in [0.4, 0.5) is 10.1 Å². The summed E-state index contributed by atoms with van der Waals surface area (Å²) in [5, 5.41) is 9.47. The van der Waals surface area contributed by atoms with Crippen molar-refractivity contribution in [1.29, 1.82) is 0 Å². The van der Waals surface area contributed by atoms with E-state index in [1.54, 1.807) is 6.07 Å². The minimum atomic E-state index is -0.484. The highest BCUT2D eigenvalue weighted by atomic mass is 19.1. The van der Waals surface area contributed by atoms with Crippen LogP contribution >= 0.6 is 0 Å². The van der Waals surface area contributed by atoms with Crippen LogP contribution in [-0.4, -0.2) is 86.7 Å². The highest BCUT2D eigenvalue weighted by molar-refractivity contribution is 6.01. The number of ether oxygens (including phenoxy) is 1. The molecule has 2 heterocycles. The number of hydrogen-bond donors (Lipinski definition) is 4. The van der Waals surface area contributed by atoms with E-state index in [4.69, 9.17) is 10.5 Å². The first-order valence-electron chi connectivity index (χ1n) is 12.5. The van der Waals surface area contributed by atoms with Gasteiger partial charge in [0, 0.05) is 50.4 Å². The molecule has 0 saturated carbocycles. The Morgan fingerprint density at radius 3 is 2.89 bits per heavy atom. The number of amides is 1. The Morgan fingerprint density at radius 1 is 1.31 bits per heavy atom. The minimum Gasteiger partial charge on any atom is -0.494 e. The molecule has 1 amide bonds. The number of anilines is 1. The Morgan fingerprint density at radius 2 is 2.17 bits per heavy atom. The molecule has 1 atom stereocenters. The molecule has 1 aromatic rings. The van der Waals surface area contributed by atoms with E-state index in [0.29, 0.717) is 37.9 Å². The molecule has 0 aliphatic carbocycles. The van der Waals surface area contributed by atoms with Crippen molar-refractivity contribution < 1.29 is 13.9 Å². The van der Waals surface area contributed by atoms with Crippen molar-refractivity contribution in [2.24, 2.45) is 15.7 Å². The zero-order valence-electron chi connectivity index (χ0n) is 20.9. The van der Waals surface area contributed by atoms with Crippen molar-refractivity contribution in [1.82, 2.24) is 20.4 Å². The maximum Gasteiger partial charge on any atom is 0.227 e. The molecule has 1 unspecified atom stereocenters. The number of nitrogens with one attached hydrogen (secondary N) is 3. The van der Waals surface area contributed by atoms with E-state index < -0.39 is 5.82 Å². The van der Waals surface area contributed by atoms with E-state index in [2.05, 4.69) is 37.8 Å². The maximum absolute atomic E-state index is 14.2. The smallest absolute Gasteiger partial charge is 0.227 e. The number of benzene rings is 1. The lowest BCUT2D eigenvalue weighted by Crippen LogP contribution is -2.38. The number of likely N-dealkylation sites (N-methyl/N-ethyl adjacent to an activating group) is 1. The van der Waals surface area contributed by atoms with E-state index in [-0.39, 0.29) is 23.6 Å². The molecular weight excluding hydrogens is 451 g/mol. The van der Waals surface area contributed by atoms with Gasteiger partial charge < -0.3 is 26.0 Å². The lowest BCUT2D eigenvalue weighted by molar-refractivity contribution is -0.127. The van der Waals surface area contributed by atoms with Gasteiger partial charge in [-0.2, -0.15) is 4.99 Å². The highest BCUT2D eigenvalue weighted by Gasteiger charge is 2.22. The predicted molar refractivity (Wildman–Crippen MR) is 137 cm³/mol. The van der Waals surface area contributed by atoms with Crippen LogP contribution in [0.1, 0.15) is 39.0 Å². The second-order valence-corrected chi connectivity index (χ2v) is 8.75. The van der Waals surface area contributed by atoms with Crippen LogP contribution < -0.4 is 26.4 Å². The molecule has 2 fully saturated rings. The fourth-order valence-electron chi connectivity index (χ4n) is 4.46. The average molecular weight is 491 g/mol. The fraction of sp³-hybridized carbons (Fsp3) is 0.625. The molecule has 2 aliphatic heterocycles. The molecule has 1 aromatic carbocycles. The van der Waals surface area contributed by atoms with Gasteiger partial charge in [-0.05, 0) is 50.9 Å². The van der Waals surface area contributed by atoms with Gasteiger partial charge in [-0.1, -0.05) is 6.92 Å². The number of guanidine groups is 2. The minimum absolute atomic E-state index is 0.161. The van der Waals surface area contributed by atoms with Crippen LogP contribution in [0, 0.1) is 5.82 Å². The number of methoxy groups -OCH3 is 1. The van der Waals surface area contributed by atoms with Crippen LogP contribution in [0.25, 0.3) is 0 Å². The molecule has 0 bridgehead atoms. The Hall–Kier alpha value is -2.92. The third kappa shape index (κ3) is 8.36. The van der Waals surface area contributed by atoms with Crippen molar-refractivity contribution in [3.63, 3.8) is 0 Å². The predicted octanol–water partition coefficient (Wildman–Crippen LogP) is 1.55. The lowest BCUT2D eigenvalue weighted by atomic mass is 10.2. The van der Waals surface area contributed by atoms with Gasteiger partial charge in [0.1, 0.15) is 0 Å². The number of nitrogens with zero attached hydrogens (tertiary/aromatic N) is 4. The third-order valence-electron chi connectivity index (χ3n) is 6.34. The van der Waals surface area contributed by atoms with E-state index in [0.717, 1.165) is 39.0 Å². The molecule has 2 aliphatic rings. The first-order valence-corrected chi connectivity index (χ1v) is 12.5. The van der Waals surface area contributed by atoms with E-state index in [9.17, 15) is 9.18 Å². The standard InChI is InChI=1S/C24H39FN8O2/c1-3-32-12-4-7-19(32)16-27-17-29-24(30-18-9-10-21(35-2)20(25)15-18)31-23(26)28-11-6-14-33-13-5-8-22(33)34/h9-10,15,19,27H,3-8,11-14,16-17H2,1-2H3,(H4,26,28,29,30,31). The van der Waals surface area contributed by atoms with Gasteiger partial charge in [0.15, 0.2) is 17.5 Å². The number of hydrogen-bond acceptors (Lipinski definition) is 5. The summed E-state index contributed by atoms with van der Waals surface area (Å²) >= 11 is 0. The van der Waals surface area contributed by atoms with Crippen LogP contribution in [0.3, 0.4) is 0 Å². The van der Waals surface area contributed by atoms with Crippen molar-refractivity contribution in [2.75, 3.05) is 58.4 Å². The molecule has 194 valence electrons. The number of likely N-dealkylation sites (tertiary alicyclic amines) is 2. The quantitative estimate of drug-likeness (QED) is 0.211. The summed E-state index contributed by atoms with van der Waals surface area (Å²) in [6.07, 6.45) is 4.73. The maximum atomic E-state index is 14.2. The Bertz CT molecular complexity index is 894. The topological polar surface area (TPSA) is 120 Å². The second kappa shape index (κ2) is 13.8. The molecule has 0 spiro atoms. The lowest BCUT2D eigenvalue weighted by Gasteiger charge is -2.22. The molecule has 0 radical (unpaired) electrons. The molecule has 0 aromatic heterocycles. The van der Waals surface area contributed by atoms with Crippen molar-refractivity contribution in [2.45, 2.75) is 45.1 Å². The Balaban J connectivity index is 1.56. The van der Waals surface area contributed by atoms with Crippen LogP contribution in [0.15, 0.2) is 28.2 Å². The van der Waals surface area contributed by atoms with Gasteiger partial charge in [0.25, 0.3) is 0 Å². The summed E-state index contributed by atoms with van der Waals surface area (Å²) in [4.78, 5) is 24.9. The second-order valence-electron chi connectivity index (χ2n) is 8.75. The number of aliphatic imine (C=N–C) groups is 2. The summed E-state index contributed by atoms with van der Waals surface area (Å²) in [5.41, 5.74) is 6.57. The van der Waals surface area contributed by atoms with Gasteiger partial charge in [-0.3, -0.25) is 15.0 Å². The number of nitrogens with two attached hydrogens (primary N) is 1. The first-order chi connectivity index (χ1) is 17.0. The van der Waals surface area contributed by atoms with Gasteiger partial charge in [-0.25, -0.2) is 9.38 Å². The van der Waals surface area contributed by atoms with Crippen molar-refractivity contribution >= 4 is 23.5 Å². The summed E-state index contributed by atoms with van der Waals surface area (Å²) < 4.78 is 19.1. The first kappa shape index (κ1) is 26.7. The fourth-order valence-corrected chi connectivity index (χ4v) is 4.46. The van der Waals surface area contributed by atoms with Crippen LogP contribution in [0.5, 0.6) is 5.75 Å². The molecule has 5 N–H and O–H groups in total. The Kier molecular flexibility index (Phi) is 10.5. The molecule has 35 heavy (non-hydrogen) atoms. The highest BCUT2D eigenvalue weighted by Crippen LogP contribution is 2.20. The summed E-state index contributed by atoms with van der Waals surface area (Å²) in [6.45, 7) is 7.66. The number of rotatable bonds is 11. The summed E-state index contributed by atoms with van der Waals surface area (Å²) in [5.74, 6) is 0.354. The van der Waals surface area contributed by atoms with E-state index >= 15 is 0 Å². The summed E-state index contributed by atoms with van der Waals surface area (Å²) in [6, 6.07) is 5.07. The zero-order chi connectivity index (χ0) is 25.0. The molecule has 10 nitrogen and oxygen atoms in total. The average Bonchev–Trinajstić information content (AvgIpc) is 3.47. The molecular formula is C24H39FN8O2. The summed E-state index contributed by atoms with van der Waals surface area (Å²) in [7, 11) is 1.42. The van der Waals surface area contributed by atoms with Crippen molar-refractivity contribution in [3.05, 3.63) is 24.0 Å². The van der Waals surface area contributed by atoms with Gasteiger partial charge in [0.2, 0.25) is 11.9 Å². The number of halogens is 1. The number of carbonyl (C=O) groups excluding carboxylic acids is 1. The SMILES string of the molecule is CCN1CCCC1CNC/N=C(\N=C(/N)NCCCN1CCCC1=O)Nc1ccc(OC)c(F)c1. The number of carbonyl (C=O) groups is 1. The van der Waals surface area contributed by atoms with Crippen molar-refractivity contribution in [3.8, 4) is 5.75 Å². The molecule has 2 saturated heterocycles. The monoisotopic (exact) mass is 490 g/mol. The van der Waals surface area contributed by atoms with Gasteiger partial charge in [-0.15, -0.1) is 0 Å². The Labute approximate surface area is 207 Å². The van der Waals surface area contributed by atoms with Gasteiger partial charge >= 0.3 is 0 Å². The van der Waals surface area contributed by atoms with Gasteiger partial charge in [0.05, 0.1) is 13.8 Å². The van der Waals surface area contributed by atoms with Crippen LogP contribution in [-0.2, 0) is 4.79 Å². The third-order valence-corrected chi connectivity index (χ3v) is 6.34. The van der Waals surface area contributed by atoms with E-state index in [1.165, 1.54) is 32.1 Å².